The predicted octanol–water partition coefficient (Wildman–Crippen LogP) is 2.01. The van der Waals surface area contributed by atoms with Crippen molar-refractivity contribution in [2.24, 2.45) is 14.1 Å². The second kappa shape index (κ2) is 8.06. The summed E-state index contributed by atoms with van der Waals surface area (Å²) in [6.45, 7) is 0. The molecule has 0 saturated carbocycles. The minimum atomic E-state index is -1.20. The Bertz CT molecular complexity index is 1210. The molecule has 1 aromatic heterocycles. The first kappa shape index (κ1) is 19.3. The summed E-state index contributed by atoms with van der Waals surface area (Å²) >= 11 is 0. The summed E-state index contributed by atoms with van der Waals surface area (Å²) < 4.78 is 14.6. The van der Waals surface area contributed by atoms with Gasteiger partial charge in [-0.05, 0) is 29.8 Å². The molecule has 8 heteroatoms. The van der Waals surface area contributed by atoms with E-state index in [1.165, 1.54) is 18.7 Å². The number of anilines is 2. The minimum Gasteiger partial charge on any atom is -0.340 e. The highest BCUT2D eigenvalue weighted by molar-refractivity contribution is 7.84. The van der Waals surface area contributed by atoms with Crippen LogP contribution in [-0.4, -0.2) is 13.3 Å². The fraction of sp³-hybridized carbons (Fsp3) is 0.150. The number of nitriles is 1. The van der Waals surface area contributed by atoms with Crippen molar-refractivity contribution in [2.45, 2.75) is 10.6 Å². The maximum atomic E-state index is 12.5. The lowest BCUT2D eigenvalue weighted by atomic mass is 10.2. The Labute approximate surface area is 164 Å². The van der Waals surface area contributed by atoms with Gasteiger partial charge in [0, 0.05) is 24.7 Å². The molecule has 1 N–H and O–H groups in total. The van der Waals surface area contributed by atoms with Gasteiger partial charge < -0.3 is 5.32 Å². The quantitative estimate of drug-likeness (QED) is 0.714. The van der Waals surface area contributed by atoms with Crippen LogP contribution < -0.4 is 16.6 Å². The summed E-state index contributed by atoms with van der Waals surface area (Å²) in [6.07, 6.45) is 0. The third kappa shape index (κ3) is 3.80. The fourth-order valence-corrected chi connectivity index (χ4v) is 3.88. The van der Waals surface area contributed by atoms with Gasteiger partial charge >= 0.3 is 5.69 Å². The van der Waals surface area contributed by atoms with Crippen molar-refractivity contribution in [3.8, 4) is 6.07 Å². The van der Waals surface area contributed by atoms with Gasteiger partial charge in [0.25, 0.3) is 5.56 Å². The first-order chi connectivity index (χ1) is 13.4. The molecule has 3 rings (SSSR count). The van der Waals surface area contributed by atoms with E-state index in [1.54, 1.807) is 18.2 Å². The van der Waals surface area contributed by atoms with Crippen molar-refractivity contribution in [2.75, 3.05) is 5.32 Å². The van der Waals surface area contributed by atoms with Gasteiger partial charge in [0.2, 0.25) is 0 Å². The molecule has 1 unspecified atom stereocenters. The average Bonchev–Trinajstić information content (AvgIpc) is 2.71. The number of nitrogens with zero attached hydrogens (tertiary/aromatic N) is 3. The van der Waals surface area contributed by atoms with Crippen LogP contribution >= 0.6 is 0 Å². The monoisotopic (exact) mass is 394 g/mol. The summed E-state index contributed by atoms with van der Waals surface area (Å²) in [4.78, 5) is 25.1. The van der Waals surface area contributed by atoms with Crippen molar-refractivity contribution in [1.29, 1.82) is 5.26 Å². The van der Waals surface area contributed by atoms with Crippen molar-refractivity contribution < 1.29 is 4.21 Å². The molecule has 0 aliphatic rings. The van der Waals surface area contributed by atoms with Gasteiger partial charge in [-0.2, -0.15) is 5.26 Å². The van der Waals surface area contributed by atoms with Gasteiger partial charge in [-0.15, -0.1) is 0 Å². The molecule has 0 aliphatic carbocycles. The Balaban J connectivity index is 1.93. The van der Waals surface area contributed by atoms with Crippen LogP contribution in [0.2, 0.25) is 0 Å². The van der Waals surface area contributed by atoms with Crippen LogP contribution in [0.3, 0.4) is 0 Å². The average molecular weight is 394 g/mol. The second-order valence-electron chi connectivity index (χ2n) is 6.17. The number of hydrogen-bond donors (Lipinski definition) is 1. The molecule has 1 atom stereocenters. The largest absolute Gasteiger partial charge is 0.340 e. The highest BCUT2D eigenvalue weighted by Crippen LogP contribution is 2.20. The van der Waals surface area contributed by atoms with Gasteiger partial charge in [-0.1, -0.05) is 30.3 Å². The Morgan fingerprint density at radius 1 is 1.04 bits per heavy atom. The Morgan fingerprint density at radius 3 is 2.43 bits per heavy atom. The maximum Gasteiger partial charge on any atom is 0.332 e. The smallest absolute Gasteiger partial charge is 0.332 e. The number of rotatable bonds is 5. The highest BCUT2D eigenvalue weighted by atomic mass is 32.2. The van der Waals surface area contributed by atoms with E-state index in [0.29, 0.717) is 11.4 Å². The summed E-state index contributed by atoms with van der Waals surface area (Å²) in [6, 6.07) is 18.2. The molecule has 7 nitrogen and oxygen atoms in total. The van der Waals surface area contributed by atoms with Gasteiger partial charge in [0.15, 0.2) is 5.56 Å². The molecule has 3 aromatic rings. The zero-order valence-electron chi connectivity index (χ0n) is 15.4. The van der Waals surface area contributed by atoms with Crippen LogP contribution in [0, 0.1) is 11.3 Å². The van der Waals surface area contributed by atoms with E-state index in [9.17, 15) is 19.1 Å². The van der Waals surface area contributed by atoms with E-state index in [-0.39, 0.29) is 11.4 Å². The summed E-state index contributed by atoms with van der Waals surface area (Å²) in [7, 11) is 1.61. The second-order valence-corrected chi connectivity index (χ2v) is 7.62. The van der Waals surface area contributed by atoms with E-state index >= 15 is 0 Å². The van der Waals surface area contributed by atoms with Crippen LogP contribution in [0.5, 0.6) is 0 Å². The Morgan fingerprint density at radius 2 is 1.75 bits per heavy atom. The maximum absolute atomic E-state index is 12.5. The standard InChI is InChI=1S/C20H18N4O3S/c1-23-18(17(12-21)19(25)24(2)20(23)26)22-15-8-6-7-14(11-15)13-28(27)16-9-4-3-5-10-16/h3-11,22H,13H2,1-2H3. The number of hydrogen-bond acceptors (Lipinski definition) is 5. The number of nitrogens with one attached hydrogen (secondary N) is 1. The number of aromatic nitrogens is 2. The zero-order valence-corrected chi connectivity index (χ0v) is 16.2. The van der Waals surface area contributed by atoms with Crippen LogP contribution in [0.4, 0.5) is 11.5 Å². The Kier molecular flexibility index (Phi) is 5.57. The van der Waals surface area contributed by atoms with E-state index in [1.807, 2.05) is 42.5 Å². The van der Waals surface area contributed by atoms with Crippen LogP contribution in [0.15, 0.2) is 69.1 Å². The first-order valence-electron chi connectivity index (χ1n) is 8.42. The zero-order chi connectivity index (χ0) is 20.3. The third-order valence-corrected chi connectivity index (χ3v) is 5.66. The van der Waals surface area contributed by atoms with Gasteiger partial charge in [-0.3, -0.25) is 18.1 Å². The summed E-state index contributed by atoms with van der Waals surface area (Å²) in [5.41, 5.74) is 0.0620. The molecule has 0 spiro atoms. The van der Waals surface area contributed by atoms with E-state index in [0.717, 1.165) is 15.0 Å². The van der Waals surface area contributed by atoms with E-state index in [2.05, 4.69) is 5.32 Å². The van der Waals surface area contributed by atoms with Crippen molar-refractivity contribution in [3.05, 3.63) is 86.6 Å². The summed E-state index contributed by atoms with van der Waals surface area (Å²) in [5, 5.41) is 12.3. The fourth-order valence-electron chi connectivity index (χ4n) is 2.77. The highest BCUT2D eigenvalue weighted by Gasteiger charge is 2.15. The third-order valence-electron chi connectivity index (χ3n) is 4.27. The van der Waals surface area contributed by atoms with Gasteiger partial charge in [0.1, 0.15) is 11.9 Å². The molecule has 0 aliphatic heterocycles. The molecule has 2 aromatic carbocycles. The molecule has 28 heavy (non-hydrogen) atoms. The topological polar surface area (TPSA) is 96.9 Å². The van der Waals surface area contributed by atoms with E-state index in [4.69, 9.17) is 0 Å². The molecule has 0 bridgehead atoms. The molecular formula is C20H18N4O3S. The van der Waals surface area contributed by atoms with Crippen LogP contribution in [0.25, 0.3) is 0 Å². The predicted molar refractivity (Wildman–Crippen MR) is 108 cm³/mol. The molecule has 0 amide bonds. The van der Waals surface area contributed by atoms with Crippen LogP contribution in [-0.2, 0) is 30.6 Å². The lowest BCUT2D eigenvalue weighted by Crippen LogP contribution is -2.39. The van der Waals surface area contributed by atoms with Gasteiger partial charge in [0.05, 0.1) is 16.6 Å². The molecule has 0 saturated heterocycles. The van der Waals surface area contributed by atoms with Gasteiger partial charge in [-0.25, -0.2) is 4.79 Å². The van der Waals surface area contributed by atoms with Crippen molar-refractivity contribution in [3.63, 3.8) is 0 Å². The van der Waals surface area contributed by atoms with E-state index < -0.39 is 22.0 Å². The summed E-state index contributed by atoms with van der Waals surface area (Å²) in [5.74, 6) is 0.442. The van der Waals surface area contributed by atoms with Crippen molar-refractivity contribution >= 4 is 22.3 Å². The normalized spacial score (nSPS) is 11.6. The molecule has 0 radical (unpaired) electrons. The lowest BCUT2D eigenvalue weighted by molar-refractivity contribution is 0.682. The first-order valence-corrected chi connectivity index (χ1v) is 9.73. The lowest BCUT2D eigenvalue weighted by Gasteiger charge is -2.14. The molecule has 142 valence electrons. The molecule has 1 heterocycles. The Hall–Kier alpha value is -3.44. The molecule has 0 fully saturated rings. The number of benzene rings is 2. The SMILES string of the molecule is Cn1c(Nc2cccc(CS(=O)c3ccccc3)c2)c(C#N)c(=O)n(C)c1=O. The van der Waals surface area contributed by atoms with Crippen molar-refractivity contribution in [1.82, 2.24) is 9.13 Å². The van der Waals surface area contributed by atoms with Crippen LogP contribution in [0.1, 0.15) is 11.1 Å². The minimum absolute atomic E-state index is 0.122. The molecular weight excluding hydrogens is 376 g/mol.